The van der Waals surface area contributed by atoms with Crippen LogP contribution in [-0.4, -0.2) is 40.0 Å². The number of hydrogen-bond donors (Lipinski definition) is 0. The van der Waals surface area contributed by atoms with Crippen molar-refractivity contribution in [1.82, 2.24) is 0 Å². The molecule has 7 rings (SSSR count). The highest BCUT2D eigenvalue weighted by Gasteiger charge is 2.72. The van der Waals surface area contributed by atoms with Gasteiger partial charge >= 0.3 is 0 Å². The van der Waals surface area contributed by atoms with Gasteiger partial charge in [0.25, 0.3) is 0 Å². The van der Waals surface area contributed by atoms with E-state index >= 15 is 0 Å². The lowest BCUT2D eigenvalue weighted by Gasteiger charge is -2.35. The minimum absolute atomic E-state index is 0.0466. The third-order valence-corrected chi connectivity index (χ3v) is 9.16. The summed E-state index contributed by atoms with van der Waals surface area (Å²) >= 11 is 0. The first-order valence-corrected chi connectivity index (χ1v) is 13.1. The van der Waals surface area contributed by atoms with E-state index in [1.165, 1.54) is 0 Å². The second kappa shape index (κ2) is 8.78. The fourth-order valence-corrected chi connectivity index (χ4v) is 7.73. The first kappa shape index (κ1) is 24.6. The van der Waals surface area contributed by atoms with E-state index in [2.05, 4.69) is 0 Å². The lowest BCUT2D eigenvalue weighted by Crippen LogP contribution is -2.38. The SMILES string of the molecule is COc1cc2c(cc1OC)C(=O)[C@@]1(C2)[C@H](c2ccco2)[C@H]2C(=O)c3cc(OC)c(OC)cc3[C@H]2[C@H]1c1ccco1. The standard InChI is InChI=1S/C32H28O8/c1-35-22-11-16-15-32(31(34)17(16)12-23(22)36-2)28(20-7-5-9-39-20)26-18-13-24(37-3)25(38-4)14-19(18)30(33)27(26)29(32)21-8-6-10-40-21/h5-14,26-29H,15H2,1-4H3/t26-,27+,28-,29-,32-/m1/s1. The predicted octanol–water partition coefficient (Wildman–Crippen LogP) is 5.81. The van der Waals surface area contributed by atoms with Gasteiger partial charge in [0.05, 0.1) is 46.4 Å². The molecule has 204 valence electrons. The molecule has 3 aliphatic carbocycles. The smallest absolute Gasteiger partial charge is 0.171 e. The number of rotatable bonds is 6. The highest BCUT2D eigenvalue weighted by Crippen LogP contribution is 2.73. The molecular formula is C32H28O8. The van der Waals surface area contributed by atoms with Crippen molar-refractivity contribution in [3.05, 3.63) is 94.8 Å². The molecule has 8 nitrogen and oxygen atoms in total. The maximum atomic E-state index is 14.8. The van der Waals surface area contributed by atoms with Crippen LogP contribution in [-0.2, 0) is 6.42 Å². The Morgan fingerprint density at radius 2 is 1.23 bits per heavy atom. The average molecular weight is 541 g/mol. The number of hydrogen-bond acceptors (Lipinski definition) is 8. The van der Waals surface area contributed by atoms with Crippen LogP contribution in [0.25, 0.3) is 0 Å². The molecule has 0 saturated heterocycles. The van der Waals surface area contributed by atoms with Gasteiger partial charge in [-0.25, -0.2) is 0 Å². The fourth-order valence-electron chi connectivity index (χ4n) is 7.73. The first-order valence-electron chi connectivity index (χ1n) is 13.1. The number of carbonyl (C=O) groups is 2. The van der Waals surface area contributed by atoms with E-state index in [4.69, 9.17) is 27.8 Å². The lowest BCUT2D eigenvalue weighted by atomic mass is 9.64. The Morgan fingerprint density at radius 1 is 0.700 bits per heavy atom. The molecule has 0 bridgehead atoms. The summed E-state index contributed by atoms with van der Waals surface area (Å²) in [6.07, 6.45) is 3.60. The molecule has 3 aliphatic rings. The molecule has 2 heterocycles. The Morgan fingerprint density at radius 3 is 1.77 bits per heavy atom. The van der Waals surface area contributed by atoms with Crippen LogP contribution in [0.15, 0.2) is 69.9 Å². The van der Waals surface area contributed by atoms with Crippen LogP contribution in [0.2, 0.25) is 0 Å². The van der Waals surface area contributed by atoms with Gasteiger partial charge in [-0.2, -0.15) is 0 Å². The molecule has 2 aromatic heterocycles. The Hall–Kier alpha value is -4.46. The van der Waals surface area contributed by atoms with Gasteiger partial charge in [0.1, 0.15) is 11.5 Å². The van der Waals surface area contributed by atoms with E-state index in [0.29, 0.717) is 52.1 Å². The Bertz CT molecular complexity index is 1630. The van der Waals surface area contributed by atoms with Crippen molar-refractivity contribution in [1.29, 1.82) is 0 Å². The van der Waals surface area contributed by atoms with E-state index in [1.807, 2.05) is 30.3 Å². The number of fused-ring (bicyclic) bond motifs is 4. The maximum Gasteiger partial charge on any atom is 0.171 e. The summed E-state index contributed by atoms with van der Waals surface area (Å²) in [6.45, 7) is 0. The summed E-state index contributed by atoms with van der Waals surface area (Å²) in [5.74, 6) is 1.27. The number of methoxy groups -OCH3 is 4. The zero-order chi connectivity index (χ0) is 27.8. The van der Waals surface area contributed by atoms with E-state index in [1.54, 1.807) is 59.2 Å². The summed E-state index contributed by atoms with van der Waals surface area (Å²) in [5.41, 5.74) is 1.75. The van der Waals surface area contributed by atoms with Gasteiger partial charge in [-0.3, -0.25) is 9.59 Å². The van der Waals surface area contributed by atoms with Crippen molar-refractivity contribution in [3.8, 4) is 23.0 Å². The molecule has 2 aromatic carbocycles. The molecule has 1 spiro atoms. The van der Waals surface area contributed by atoms with Gasteiger partial charge in [0.2, 0.25) is 0 Å². The molecule has 5 atom stereocenters. The van der Waals surface area contributed by atoms with Gasteiger partial charge in [-0.05, 0) is 66.1 Å². The van der Waals surface area contributed by atoms with Gasteiger partial charge in [0, 0.05) is 34.8 Å². The van der Waals surface area contributed by atoms with Crippen molar-refractivity contribution in [2.45, 2.75) is 24.2 Å². The van der Waals surface area contributed by atoms with Gasteiger partial charge in [-0.1, -0.05) is 0 Å². The van der Waals surface area contributed by atoms with Crippen LogP contribution in [0, 0.1) is 11.3 Å². The Labute approximate surface area is 230 Å². The second-order valence-electron chi connectivity index (χ2n) is 10.6. The van der Waals surface area contributed by atoms with Crippen LogP contribution >= 0.6 is 0 Å². The average Bonchev–Trinajstić information content (AvgIpc) is 3.80. The van der Waals surface area contributed by atoms with Gasteiger partial charge in [-0.15, -0.1) is 0 Å². The Kier molecular flexibility index (Phi) is 5.39. The van der Waals surface area contributed by atoms with Crippen LogP contribution in [0.4, 0.5) is 0 Å². The van der Waals surface area contributed by atoms with Crippen molar-refractivity contribution in [2.75, 3.05) is 28.4 Å². The number of benzene rings is 2. The van der Waals surface area contributed by atoms with Gasteiger partial charge in [0.15, 0.2) is 34.6 Å². The summed E-state index contributed by atoms with van der Waals surface area (Å²) < 4.78 is 34.4. The topological polar surface area (TPSA) is 97.3 Å². The fraction of sp³-hybridized carbons (Fsp3) is 0.312. The Balaban J connectivity index is 1.52. The lowest BCUT2D eigenvalue weighted by molar-refractivity contribution is 0.0713. The molecule has 0 aliphatic heterocycles. The summed E-state index contributed by atoms with van der Waals surface area (Å²) in [4.78, 5) is 29.2. The maximum absolute atomic E-state index is 14.8. The predicted molar refractivity (Wildman–Crippen MR) is 143 cm³/mol. The number of carbonyl (C=O) groups excluding carboxylic acids is 2. The minimum atomic E-state index is -1.05. The van der Waals surface area contributed by atoms with E-state index in [0.717, 1.165) is 11.1 Å². The van der Waals surface area contributed by atoms with E-state index < -0.39 is 23.2 Å². The molecule has 1 fully saturated rings. The zero-order valence-electron chi connectivity index (χ0n) is 22.6. The molecule has 0 N–H and O–H groups in total. The third kappa shape index (κ3) is 3.01. The highest BCUT2D eigenvalue weighted by molar-refractivity contribution is 6.11. The summed E-state index contributed by atoms with van der Waals surface area (Å²) in [7, 11) is 6.25. The molecular weight excluding hydrogens is 512 g/mol. The zero-order valence-corrected chi connectivity index (χ0v) is 22.6. The molecule has 0 radical (unpaired) electrons. The number of furan rings is 2. The molecule has 40 heavy (non-hydrogen) atoms. The van der Waals surface area contributed by atoms with Crippen LogP contribution in [0.3, 0.4) is 0 Å². The molecule has 8 heteroatoms. The molecule has 0 amide bonds. The number of ether oxygens (including phenoxy) is 4. The summed E-state index contributed by atoms with van der Waals surface area (Å²) in [5, 5.41) is 0. The summed E-state index contributed by atoms with van der Waals surface area (Å²) in [6, 6.07) is 14.6. The quantitative estimate of drug-likeness (QED) is 0.302. The van der Waals surface area contributed by atoms with E-state index in [9.17, 15) is 9.59 Å². The van der Waals surface area contributed by atoms with Crippen LogP contribution < -0.4 is 18.9 Å². The first-order chi connectivity index (χ1) is 19.5. The normalized spacial score (nSPS) is 26.1. The van der Waals surface area contributed by atoms with Crippen LogP contribution in [0.1, 0.15) is 61.1 Å². The number of Topliss-reactive ketones (excluding diaryl/α,β-unsaturated/α-hetero) is 2. The second-order valence-corrected chi connectivity index (χ2v) is 10.6. The van der Waals surface area contributed by atoms with Crippen molar-refractivity contribution in [3.63, 3.8) is 0 Å². The van der Waals surface area contributed by atoms with Gasteiger partial charge < -0.3 is 27.8 Å². The van der Waals surface area contributed by atoms with Crippen molar-refractivity contribution >= 4 is 11.6 Å². The van der Waals surface area contributed by atoms with Crippen LogP contribution in [0.5, 0.6) is 23.0 Å². The monoisotopic (exact) mass is 540 g/mol. The van der Waals surface area contributed by atoms with Crippen molar-refractivity contribution in [2.24, 2.45) is 11.3 Å². The minimum Gasteiger partial charge on any atom is -0.493 e. The molecule has 0 unspecified atom stereocenters. The largest absolute Gasteiger partial charge is 0.493 e. The highest BCUT2D eigenvalue weighted by atomic mass is 16.5. The van der Waals surface area contributed by atoms with E-state index in [-0.39, 0.29) is 17.5 Å². The number of ketones is 2. The molecule has 1 saturated carbocycles. The third-order valence-electron chi connectivity index (χ3n) is 9.16. The molecule has 4 aromatic rings. The van der Waals surface area contributed by atoms with Crippen molar-refractivity contribution < 1.29 is 37.4 Å².